The van der Waals surface area contributed by atoms with Gasteiger partial charge in [0, 0.05) is 12.3 Å². The van der Waals surface area contributed by atoms with Crippen LogP contribution in [0, 0.1) is 0 Å². The van der Waals surface area contributed by atoms with Gasteiger partial charge in [-0.2, -0.15) is 0 Å². The molecule has 0 saturated heterocycles. The van der Waals surface area contributed by atoms with Gasteiger partial charge >= 0.3 is 0 Å². The molecule has 0 aliphatic rings. The zero-order valence-corrected chi connectivity index (χ0v) is 11.6. The molecule has 0 aliphatic heterocycles. The summed E-state index contributed by atoms with van der Waals surface area (Å²) in [5.74, 6) is 0.543. The number of hydrogen-bond acceptors (Lipinski definition) is 4. The van der Waals surface area contributed by atoms with Crippen molar-refractivity contribution in [1.82, 2.24) is 4.98 Å². The molecule has 5 nitrogen and oxygen atoms in total. The van der Waals surface area contributed by atoms with E-state index < -0.39 is 10.0 Å². The van der Waals surface area contributed by atoms with Crippen molar-refractivity contribution in [3.63, 3.8) is 0 Å². The van der Waals surface area contributed by atoms with E-state index in [1.807, 2.05) is 0 Å². The Labute approximate surface area is 116 Å². The van der Waals surface area contributed by atoms with Gasteiger partial charge in [-0.1, -0.05) is 17.7 Å². The van der Waals surface area contributed by atoms with Gasteiger partial charge in [0.05, 0.1) is 17.0 Å². The second-order valence-electron chi connectivity index (χ2n) is 3.62. The largest absolute Gasteiger partial charge is 0.495 e. The number of nitrogens with one attached hydrogen (secondary N) is 1. The number of anilines is 1. The van der Waals surface area contributed by atoms with Crippen LogP contribution in [0.5, 0.6) is 5.75 Å². The second-order valence-corrected chi connectivity index (χ2v) is 5.71. The number of nitrogens with zero attached hydrogens (tertiary/aromatic N) is 1. The highest BCUT2D eigenvalue weighted by atomic mass is 35.5. The molecule has 0 saturated carbocycles. The summed E-state index contributed by atoms with van der Waals surface area (Å²) < 4.78 is 31.6. The minimum absolute atomic E-state index is 0.0550. The van der Waals surface area contributed by atoms with E-state index in [2.05, 4.69) is 9.71 Å². The number of rotatable bonds is 4. The summed E-state index contributed by atoms with van der Waals surface area (Å²) in [6.07, 6.45) is 1.50. The van der Waals surface area contributed by atoms with Crippen LogP contribution in [0.2, 0.25) is 5.02 Å². The second kappa shape index (κ2) is 5.46. The van der Waals surface area contributed by atoms with E-state index in [1.54, 1.807) is 18.2 Å². The number of halogens is 1. The average Bonchev–Trinajstić information content (AvgIpc) is 2.39. The monoisotopic (exact) mass is 298 g/mol. The van der Waals surface area contributed by atoms with Gasteiger partial charge in [-0.05, 0) is 24.3 Å². The summed E-state index contributed by atoms with van der Waals surface area (Å²) in [6, 6.07) is 9.16. The van der Waals surface area contributed by atoms with Gasteiger partial charge in [0.25, 0.3) is 10.0 Å². The molecule has 1 aromatic carbocycles. The number of ether oxygens (including phenoxy) is 1. The predicted molar refractivity (Wildman–Crippen MR) is 73.0 cm³/mol. The molecule has 0 bridgehead atoms. The van der Waals surface area contributed by atoms with Gasteiger partial charge < -0.3 is 4.74 Å². The number of methoxy groups -OCH3 is 1. The molecule has 19 heavy (non-hydrogen) atoms. The molecule has 0 atom stereocenters. The topological polar surface area (TPSA) is 68.3 Å². The Morgan fingerprint density at radius 2 is 2.05 bits per heavy atom. The highest BCUT2D eigenvalue weighted by molar-refractivity contribution is 7.92. The molecule has 2 rings (SSSR count). The quantitative estimate of drug-likeness (QED) is 0.942. The van der Waals surface area contributed by atoms with Crippen molar-refractivity contribution in [1.29, 1.82) is 0 Å². The molecular weight excluding hydrogens is 288 g/mol. The third-order valence-electron chi connectivity index (χ3n) is 2.34. The lowest BCUT2D eigenvalue weighted by Gasteiger charge is -2.09. The van der Waals surface area contributed by atoms with Crippen LogP contribution in [-0.2, 0) is 10.0 Å². The third kappa shape index (κ3) is 3.15. The molecule has 2 aromatic rings. The zero-order chi connectivity index (χ0) is 13.9. The predicted octanol–water partition coefficient (Wildman–Crippen LogP) is 2.54. The van der Waals surface area contributed by atoms with Crippen LogP contribution in [-0.4, -0.2) is 20.5 Å². The van der Waals surface area contributed by atoms with Crippen molar-refractivity contribution in [2.24, 2.45) is 0 Å². The van der Waals surface area contributed by atoms with Crippen molar-refractivity contribution < 1.29 is 13.2 Å². The van der Waals surface area contributed by atoms with Crippen LogP contribution in [0.25, 0.3) is 0 Å². The molecule has 0 fully saturated rings. The van der Waals surface area contributed by atoms with Crippen LogP contribution in [0.3, 0.4) is 0 Å². The van der Waals surface area contributed by atoms with Crippen LogP contribution < -0.4 is 9.46 Å². The number of benzene rings is 1. The van der Waals surface area contributed by atoms with Crippen molar-refractivity contribution in [3.05, 3.63) is 47.6 Å². The van der Waals surface area contributed by atoms with Gasteiger partial charge in [-0.15, -0.1) is 0 Å². The first kappa shape index (κ1) is 13.6. The molecule has 7 heteroatoms. The van der Waals surface area contributed by atoms with Crippen LogP contribution in [0.15, 0.2) is 47.5 Å². The highest BCUT2D eigenvalue weighted by Crippen LogP contribution is 2.27. The van der Waals surface area contributed by atoms with E-state index in [0.29, 0.717) is 10.8 Å². The number of sulfonamides is 1. The van der Waals surface area contributed by atoms with Gasteiger partial charge in [0.15, 0.2) is 0 Å². The summed E-state index contributed by atoms with van der Waals surface area (Å²) in [7, 11) is -2.29. The summed E-state index contributed by atoms with van der Waals surface area (Å²) >= 11 is 5.85. The third-order valence-corrected chi connectivity index (χ3v) is 4.00. The smallest absolute Gasteiger partial charge is 0.263 e. The molecular formula is C12H11ClN2O3S. The summed E-state index contributed by atoms with van der Waals surface area (Å²) in [4.78, 5) is 3.96. The fourth-order valence-electron chi connectivity index (χ4n) is 1.43. The Bertz CT molecular complexity index is 675. The highest BCUT2D eigenvalue weighted by Gasteiger charge is 2.16. The molecule has 0 spiro atoms. The van der Waals surface area contributed by atoms with Gasteiger partial charge in [-0.3, -0.25) is 4.72 Å². The standard InChI is InChI=1S/C12H11ClN2O3S/c1-18-11-8-9(5-6-10(11)13)19(16,17)15-12-4-2-3-7-14-12/h2-8H,1H3,(H,14,15). The molecule has 0 aliphatic carbocycles. The van der Waals surface area contributed by atoms with E-state index >= 15 is 0 Å². The molecule has 0 unspecified atom stereocenters. The van der Waals surface area contributed by atoms with E-state index in [1.165, 1.54) is 31.5 Å². The lowest BCUT2D eigenvalue weighted by molar-refractivity contribution is 0.413. The van der Waals surface area contributed by atoms with Crippen LogP contribution in [0.4, 0.5) is 5.82 Å². The first-order valence-corrected chi connectivity index (χ1v) is 7.16. The molecule has 0 amide bonds. The van der Waals surface area contributed by atoms with E-state index in [4.69, 9.17) is 16.3 Å². The lowest BCUT2D eigenvalue weighted by atomic mass is 10.3. The minimum atomic E-state index is -3.71. The number of hydrogen-bond donors (Lipinski definition) is 1. The van der Waals surface area contributed by atoms with Crippen LogP contribution in [0.1, 0.15) is 0 Å². The van der Waals surface area contributed by atoms with Gasteiger partial charge in [0.2, 0.25) is 0 Å². The van der Waals surface area contributed by atoms with Gasteiger partial charge in [0.1, 0.15) is 11.6 Å². The normalized spacial score (nSPS) is 11.1. The first-order chi connectivity index (χ1) is 9.03. The Hall–Kier alpha value is -1.79. The first-order valence-electron chi connectivity index (χ1n) is 5.30. The van der Waals surface area contributed by atoms with Crippen LogP contribution >= 0.6 is 11.6 Å². The Morgan fingerprint density at radius 1 is 1.26 bits per heavy atom. The molecule has 100 valence electrons. The van der Waals surface area contributed by atoms with Gasteiger partial charge in [-0.25, -0.2) is 13.4 Å². The molecule has 0 radical (unpaired) electrons. The molecule has 1 aromatic heterocycles. The fourth-order valence-corrected chi connectivity index (χ4v) is 2.65. The van der Waals surface area contributed by atoms with E-state index in [9.17, 15) is 8.42 Å². The maximum absolute atomic E-state index is 12.1. The molecule has 1 N–H and O–H groups in total. The summed E-state index contributed by atoms with van der Waals surface area (Å²) in [5.41, 5.74) is 0. The lowest BCUT2D eigenvalue weighted by Crippen LogP contribution is -2.13. The van der Waals surface area contributed by atoms with Crippen molar-refractivity contribution in [2.75, 3.05) is 11.8 Å². The Balaban J connectivity index is 2.35. The maximum Gasteiger partial charge on any atom is 0.263 e. The zero-order valence-electron chi connectivity index (χ0n) is 10.00. The average molecular weight is 299 g/mol. The van der Waals surface area contributed by atoms with Crippen molar-refractivity contribution >= 4 is 27.4 Å². The fraction of sp³-hybridized carbons (Fsp3) is 0.0833. The summed E-state index contributed by atoms with van der Waals surface area (Å²) in [5, 5.41) is 0.347. The number of pyridine rings is 1. The maximum atomic E-state index is 12.1. The SMILES string of the molecule is COc1cc(S(=O)(=O)Nc2ccccn2)ccc1Cl. The van der Waals surface area contributed by atoms with E-state index in [0.717, 1.165) is 0 Å². The molecule has 1 heterocycles. The Morgan fingerprint density at radius 3 is 2.68 bits per heavy atom. The minimum Gasteiger partial charge on any atom is -0.495 e. The summed E-state index contributed by atoms with van der Waals surface area (Å²) in [6.45, 7) is 0. The van der Waals surface area contributed by atoms with E-state index in [-0.39, 0.29) is 10.7 Å². The Kier molecular flexibility index (Phi) is 3.92. The van der Waals surface area contributed by atoms with Crippen molar-refractivity contribution in [3.8, 4) is 5.75 Å². The number of aromatic nitrogens is 1. The van der Waals surface area contributed by atoms with Crippen molar-refractivity contribution in [2.45, 2.75) is 4.90 Å².